The summed E-state index contributed by atoms with van der Waals surface area (Å²) in [4.78, 5) is 14.6. The summed E-state index contributed by atoms with van der Waals surface area (Å²) < 4.78 is 0. The first-order chi connectivity index (χ1) is 12.7. The first kappa shape index (κ1) is 17.2. The molecule has 1 aliphatic heterocycles. The van der Waals surface area contributed by atoms with Crippen molar-refractivity contribution in [1.29, 1.82) is 0 Å². The van der Waals surface area contributed by atoms with Crippen molar-refractivity contribution in [1.82, 2.24) is 20.4 Å². The summed E-state index contributed by atoms with van der Waals surface area (Å²) in [6.07, 6.45) is 5.03. The van der Waals surface area contributed by atoms with Gasteiger partial charge in [-0.3, -0.25) is 14.8 Å². The van der Waals surface area contributed by atoms with Gasteiger partial charge in [-0.25, -0.2) is 0 Å². The lowest BCUT2D eigenvalue weighted by molar-refractivity contribution is -0.128. The number of amides is 1. The van der Waals surface area contributed by atoms with E-state index in [2.05, 4.69) is 32.5 Å². The van der Waals surface area contributed by atoms with Crippen molar-refractivity contribution in [3.8, 4) is 11.3 Å². The molecule has 1 aliphatic carbocycles. The molecule has 2 heterocycles. The van der Waals surface area contributed by atoms with Crippen LogP contribution >= 0.6 is 0 Å². The Bertz CT molecular complexity index is 741. The highest BCUT2D eigenvalue weighted by Crippen LogP contribution is 2.28. The minimum atomic E-state index is 0.0279. The zero-order valence-corrected chi connectivity index (χ0v) is 14.9. The van der Waals surface area contributed by atoms with Crippen LogP contribution < -0.4 is 5.32 Å². The number of carbonyl (C=O) groups is 1. The van der Waals surface area contributed by atoms with Gasteiger partial charge in [0.15, 0.2) is 0 Å². The molecule has 138 valence electrons. The molecule has 2 fully saturated rings. The second kappa shape index (κ2) is 7.60. The van der Waals surface area contributed by atoms with Gasteiger partial charge in [0.25, 0.3) is 0 Å². The second-order valence-electron chi connectivity index (χ2n) is 7.52. The SMILES string of the molecule is O=C(N[C@@H]1CN(Cc2cn[nH]c2-c2ccccc2)C[C@H]1CO)C1CCC1. The normalized spacial score (nSPS) is 23.7. The molecule has 0 bridgehead atoms. The number of aromatic amines is 1. The van der Waals surface area contributed by atoms with Gasteiger partial charge in [-0.2, -0.15) is 5.10 Å². The third kappa shape index (κ3) is 3.52. The lowest BCUT2D eigenvalue weighted by Crippen LogP contribution is -2.45. The fourth-order valence-electron chi connectivity index (χ4n) is 3.94. The van der Waals surface area contributed by atoms with Crippen molar-refractivity contribution >= 4 is 5.91 Å². The van der Waals surface area contributed by atoms with E-state index in [0.717, 1.165) is 55.7 Å². The second-order valence-corrected chi connectivity index (χ2v) is 7.52. The van der Waals surface area contributed by atoms with Gasteiger partial charge in [-0.05, 0) is 18.4 Å². The number of benzene rings is 1. The van der Waals surface area contributed by atoms with Crippen LogP contribution in [0.3, 0.4) is 0 Å². The Morgan fingerprint density at radius 1 is 1.27 bits per heavy atom. The fraction of sp³-hybridized carbons (Fsp3) is 0.500. The molecule has 1 amide bonds. The quantitative estimate of drug-likeness (QED) is 0.739. The molecule has 0 unspecified atom stereocenters. The van der Waals surface area contributed by atoms with E-state index in [9.17, 15) is 9.90 Å². The Balaban J connectivity index is 1.41. The van der Waals surface area contributed by atoms with Crippen molar-refractivity contribution in [2.24, 2.45) is 11.8 Å². The van der Waals surface area contributed by atoms with Gasteiger partial charge in [0.05, 0.1) is 11.9 Å². The highest BCUT2D eigenvalue weighted by Gasteiger charge is 2.36. The van der Waals surface area contributed by atoms with Gasteiger partial charge < -0.3 is 10.4 Å². The van der Waals surface area contributed by atoms with E-state index in [1.807, 2.05) is 24.4 Å². The molecule has 1 aromatic heterocycles. The van der Waals surface area contributed by atoms with Crippen LogP contribution in [0.2, 0.25) is 0 Å². The van der Waals surface area contributed by atoms with Crippen LogP contribution in [0, 0.1) is 11.8 Å². The molecule has 6 heteroatoms. The van der Waals surface area contributed by atoms with Crippen molar-refractivity contribution < 1.29 is 9.90 Å². The van der Waals surface area contributed by atoms with Gasteiger partial charge >= 0.3 is 0 Å². The monoisotopic (exact) mass is 354 g/mol. The van der Waals surface area contributed by atoms with Gasteiger partial charge in [-0.15, -0.1) is 0 Å². The number of aromatic nitrogens is 2. The summed E-state index contributed by atoms with van der Waals surface area (Å²) >= 11 is 0. The molecule has 2 aliphatic rings. The molecule has 2 aromatic rings. The van der Waals surface area contributed by atoms with Crippen LogP contribution in [0.1, 0.15) is 24.8 Å². The van der Waals surface area contributed by atoms with Crippen molar-refractivity contribution in [2.45, 2.75) is 31.8 Å². The zero-order chi connectivity index (χ0) is 17.9. The van der Waals surface area contributed by atoms with E-state index in [4.69, 9.17) is 0 Å². The largest absolute Gasteiger partial charge is 0.396 e. The Morgan fingerprint density at radius 3 is 2.77 bits per heavy atom. The maximum Gasteiger partial charge on any atom is 0.223 e. The van der Waals surface area contributed by atoms with Crippen molar-refractivity contribution in [3.63, 3.8) is 0 Å². The van der Waals surface area contributed by atoms with Gasteiger partial charge in [-0.1, -0.05) is 36.8 Å². The molecule has 6 nitrogen and oxygen atoms in total. The van der Waals surface area contributed by atoms with Crippen molar-refractivity contribution in [3.05, 3.63) is 42.1 Å². The van der Waals surface area contributed by atoms with Gasteiger partial charge in [0.1, 0.15) is 0 Å². The molecule has 26 heavy (non-hydrogen) atoms. The number of H-pyrrole nitrogens is 1. The molecule has 3 N–H and O–H groups in total. The molecular weight excluding hydrogens is 328 g/mol. The lowest BCUT2D eigenvalue weighted by atomic mass is 9.84. The Labute approximate surface area is 153 Å². The number of hydrogen-bond acceptors (Lipinski definition) is 4. The first-order valence-electron chi connectivity index (χ1n) is 9.46. The number of aliphatic hydroxyl groups is 1. The molecule has 0 spiro atoms. The molecule has 2 atom stereocenters. The summed E-state index contributed by atoms with van der Waals surface area (Å²) in [5.74, 6) is 0.433. The molecule has 0 radical (unpaired) electrons. The van der Waals surface area contributed by atoms with E-state index in [-0.39, 0.29) is 30.4 Å². The molecule has 1 saturated heterocycles. The zero-order valence-electron chi connectivity index (χ0n) is 14.9. The summed E-state index contributed by atoms with van der Waals surface area (Å²) in [7, 11) is 0. The van der Waals surface area contributed by atoms with E-state index in [1.165, 1.54) is 0 Å². The highest BCUT2D eigenvalue weighted by atomic mass is 16.3. The third-order valence-electron chi connectivity index (χ3n) is 5.73. The van der Waals surface area contributed by atoms with E-state index in [1.54, 1.807) is 0 Å². The Morgan fingerprint density at radius 2 is 2.08 bits per heavy atom. The Kier molecular flexibility index (Phi) is 5.04. The standard InChI is InChI=1S/C20H26N4O2/c25-13-17-11-24(12-18(17)22-20(26)15-7-4-8-15)10-16-9-21-23-19(16)14-5-2-1-3-6-14/h1-3,5-6,9,15,17-18,25H,4,7-8,10-13H2,(H,21,23)(H,22,26)/t17-,18+/m0/s1. The topological polar surface area (TPSA) is 81.2 Å². The molecular formula is C20H26N4O2. The predicted octanol–water partition coefficient (Wildman–Crippen LogP) is 1.79. The lowest BCUT2D eigenvalue weighted by Gasteiger charge is -2.27. The Hall–Kier alpha value is -2.18. The number of nitrogens with zero attached hydrogens (tertiary/aromatic N) is 2. The minimum absolute atomic E-state index is 0.0279. The summed E-state index contributed by atoms with van der Waals surface area (Å²) in [5, 5.41) is 20.2. The number of nitrogens with one attached hydrogen (secondary N) is 2. The number of rotatable bonds is 6. The van der Waals surface area contributed by atoms with Crippen LogP contribution in [-0.4, -0.2) is 51.8 Å². The first-order valence-corrected chi connectivity index (χ1v) is 9.46. The number of hydrogen-bond donors (Lipinski definition) is 3. The van der Waals surface area contributed by atoms with Crippen LogP contribution in [0.4, 0.5) is 0 Å². The van der Waals surface area contributed by atoms with Crippen molar-refractivity contribution in [2.75, 3.05) is 19.7 Å². The minimum Gasteiger partial charge on any atom is -0.396 e. The van der Waals surface area contributed by atoms with E-state index in [0.29, 0.717) is 0 Å². The van der Waals surface area contributed by atoms with Crippen LogP contribution in [-0.2, 0) is 11.3 Å². The fourth-order valence-corrected chi connectivity index (χ4v) is 3.94. The number of aliphatic hydroxyl groups excluding tert-OH is 1. The average Bonchev–Trinajstić information content (AvgIpc) is 3.21. The maximum atomic E-state index is 12.3. The average molecular weight is 354 g/mol. The van der Waals surface area contributed by atoms with Gasteiger partial charge in [0, 0.05) is 49.7 Å². The molecule has 1 saturated carbocycles. The highest BCUT2D eigenvalue weighted by molar-refractivity contribution is 5.79. The maximum absolute atomic E-state index is 12.3. The van der Waals surface area contributed by atoms with Crippen LogP contribution in [0.15, 0.2) is 36.5 Å². The molecule has 1 aromatic carbocycles. The smallest absolute Gasteiger partial charge is 0.223 e. The van der Waals surface area contributed by atoms with Crippen LogP contribution in [0.25, 0.3) is 11.3 Å². The molecule has 4 rings (SSSR count). The number of carbonyl (C=O) groups excluding carboxylic acids is 1. The van der Waals surface area contributed by atoms with E-state index >= 15 is 0 Å². The van der Waals surface area contributed by atoms with E-state index < -0.39 is 0 Å². The third-order valence-corrected chi connectivity index (χ3v) is 5.73. The summed E-state index contributed by atoms with van der Waals surface area (Å²) in [6, 6.07) is 10.2. The van der Waals surface area contributed by atoms with Crippen LogP contribution in [0.5, 0.6) is 0 Å². The number of likely N-dealkylation sites (tertiary alicyclic amines) is 1. The predicted molar refractivity (Wildman–Crippen MR) is 99.1 cm³/mol. The summed E-state index contributed by atoms with van der Waals surface area (Å²) in [5.41, 5.74) is 3.29. The van der Waals surface area contributed by atoms with Gasteiger partial charge in [0.2, 0.25) is 5.91 Å². The summed E-state index contributed by atoms with van der Waals surface area (Å²) in [6.45, 7) is 2.41.